The van der Waals surface area contributed by atoms with E-state index >= 15 is 0 Å². The summed E-state index contributed by atoms with van der Waals surface area (Å²) in [4.78, 5) is 6.57. The largest absolute Gasteiger partial charge is 0.389 e. The highest BCUT2D eigenvalue weighted by Gasteiger charge is 2.26. The van der Waals surface area contributed by atoms with Crippen molar-refractivity contribution in [3.05, 3.63) is 11.7 Å². The first-order valence-electron chi connectivity index (χ1n) is 7.37. The first-order chi connectivity index (χ1) is 9.54. The van der Waals surface area contributed by atoms with Gasteiger partial charge in [-0.05, 0) is 40.2 Å². The lowest BCUT2D eigenvalue weighted by Crippen LogP contribution is -2.41. The Morgan fingerprint density at radius 3 is 2.95 bits per heavy atom. The summed E-state index contributed by atoms with van der Waals surface area (Å²) in [7, 11) is 0. The number of β-amino-alcohol motifs (C(OH)–C–C–N with tert-alkyl or cyclic N) is 1. The smallest absolute Gasteiger partial charge is 0.231 e. The lowest BCUT2D eigenvalue weighted by Gasteiger charge is -2.32. The molecule has 0 bridgehead atoms. The topological polar surface area (TPSA) is 71.6 Å². The van der Waals surface area contributed by atoms with Crippen LogP contribution in [0.5, 0.6) is 0 Å². The Morgan fingerprint density at radius 2 is 2.30 bits per heavy atom. The molecule has 2 rings (SSSR count). The maximum absolute atomic E-state index is 9.99. The molecule has 1 saturated heterocycles. The highest BCUT2D eigenvalue weighted by Crippen LogP contribution is 2.25. The number of aryl methyl sites for hydroxylation is 1. The molecular formula is C14H25N3O3. The minimum absolute atomic E-state index is 0.153. The summed E-state index contributed by atoms with van der Waals surface area (Å²) in [6, 6.07) is 0. The van der Waals surface area contributed by atoms with Crippen molar-refractivity contribution in [2.24, 2.45) is 0 Å². The van der Waals surface area contributed by atoms with Crippen LogP contribution < -0.4 is 0 Å². The van der Waals surface area contributed by atoms with Crippen LogP contribution in [0.15, 0.2) is 4.52 Å². The van der Waals surface area contributed by atoms with Crippen molar-refractivity contribution >= 4 is 0 Å². The third-order valence-corrected chi connectivity index (χ3v) is 3.49. The van der Waals surface area contributed by atoms with Crippen molar-refractivity contribution in [2.45, 2.75) is 51.7 Å². The Morgan fingerprint density at radius 1 is 1.50 bits per heavy atom. The Labute approximate surface area is 120 Å². The molecule has 0 radical (unpaired) electrons. The van der Waals surface area contributed by atoms with Crippen molar-refractivity contribution in [3.63, 3.8) is 0 Å². The fourth-order valence-electron chi connectivity index (χ4n) is 2.56. The van der Waals surface area contributed by atoms with Gasteiger partial charge in [0.15, 0.2) is 5.82 Å². The SMILES string of the molecule is Cc1noc(C2CCCN(CC(O)COC(C)C)C2)n1. The van der Waals surface area contributed by atoms with Gasteiger partial charge in [0.05, 0.1) is 24.7 Å². The van der Waals surface area contributed by atoms with Gasteiger partial charge in [-0.15, -0.1) is 0 Å². The molecule has 1 fully saturated rings. The predicted octanol–water partition coefficient (Wildman–Crippen LogP) is 1.34. The first kappa shape index (κ1) is 15.4. The van der Waals surface area contributed by atoms with Gasteiger partial charge < -0.3 is 14.4 Å². The van der Waals surface area contributed by atoms with Crippen molar-refractivity contribution in [1.82, 2.24) is 15.0 Å². The molecule has 1 N–H and O–H groups in total. The molecule has 2 unspecified atom stereocenters. The number of aromatic nitrogens is 2. The zero-order valence-corrected chi connectivity index (χ0v) is 12.6. The summed E-state index contributed by atoms with van der Waals surface area (Å²) in [6.07, 6.45) is 1.86. The summed E-state index contributed by atoms with van der Waals surface area (Å²) in [5.41, 5.74) is 0. The van der Waals surface area contributed by atoms with Crippen LogP contribution in [0.2, 0.25) is 0 Å². The van der Waals surface area contributed by atoms with Crippen molar-refractivity contribution in [3.8, 4) is 0 Å². The second kappa shape index (κ2) is 7.15. The maximum atomic E-state index is 9.99. The Bertz CT molecular complexity index is 408. The second-order valence-corrected chi connectivity index (χ2v) is 5.81. The number of aliphatic hydroxyl groups is 1. The molecule has 114 valence electrons. The minimum atomic E-state index is -0.444. The molecule has 6 heteroatoms. The summed E-state index contributed by atoms with van der Waals surface area (Å²) < 4.78 is 10.7. The summed E-state index contributed by atoms with van der Waals surface area (Å²) >= 11 is 0. The standard InChI is InChI=1S/C14H25N3O3/c1-10(2)19-9-13(18)8-17-6-4-5-12(7-17)14-15-11(3)16-20-14/h10,12-13,18H,4-9H2,1-3H3. The number of piperidine rings is 1. The van der Waals surface area contributed by atoms with Gasteiger partial charge in [-0.3, -0.25) is 4.90 Å². The molecule has 6 nitrogen and oxygen atoms in total. The van der Waals surface area contributed by atoms with E-state index in [1.165, 1.54) is 0 Å². The zero-order chi connectivity index (χ0) is 14.5. The normalized spacial score (nSPS) is 22.4. The van der Waals surface area contributed by atoms with E-state index in [1.54, 1.807) is 0 Å². The summed E-state index contributed by atoms with van der Waals surface area (Å²) in [6.45, 7) is 8.67. The van der Waals surface area contributed by atoms with E-state index < -0.39 is 6.10 Å². The van der Waals surface area contributed by atoms with Crippen molar-refractivity contribution in [2.75, 3.05) is 26.2 Å². The number of ether oxygens (including phenoxy) is 1. The summed E-state index contributed by atoms with van der Waals surface area (Å²) in [5, 5.41) is 13.8. The molecule has 1 aliphatic rings. The number of rotatable bonds is 6. The van der Waals surface area contributed by atoms with Crippen LogP contribution in [0.25, 0.3) is 0 Å². The lowest BCUT2D eigenvalue weighted by atomic mass is 9.98. The predicted molar refractivity (Wildman–Crippen MR) is 74.5 cm³/mol. The molecule has 0 spiro atoms. The van der Waals surface area contributed by atoms with Crippen LogP contribution in [0.1, 0.15) is 44.3 Å². The molecule has 2 heterocycles. The van der Waals surface area contributed by atoms with Crippen LogP contribution in [0.4, 0.5) is 0 Å². The van der Waals surface area contributed by atoms with Gasteiger partial charge in [0, 0.05) is 13.1 Å². The Kier molecular flexibility index (Phi) is 5.51. The van der Waals surface area contributed by atoms with E-state index in [9.17, 15) is 5.11 Å². The van der Waals surface area contributed by atoms with Gasteiger partial charge >= 0.3 is 0 Å². The lowest BCUT2D eigenvalue weighted by molar-refractivity contribution is -0.0121. The van der Waals surface area contributed by atoms with Gasteiger partial charge in [0.2, 0.25) is 5.89 Å². The monoisotopic (exact) mass is 283 g/mol. The number of nitrogens with zero attached hydrogens (tertiary/aromatic N) is 3. The van der Waals surface area contributed by atoms with Gasteiger partial charge in [-0.1, -0.05) is 5.16 Å². The van der Waals surface area contributed by atoms with Gasteiger partial charge in [0.1, 0.15) is 0 Å². The van der Waals surface area contributed by atoms with E-state index in [2.05, 4.69) is 15.0 Å². The highest BCUT2D eigenvalue weighted by molar-refractivity contribution is 4.96. The van der Waals surface area contributed by atoms with E-state index in [0.717, 1.165) is 31.8 Å². The molecule has 0 amide bonds. The molecule has 0 saturated carbocycles. The van der Waals surface area contributed by atoms with Crippen LogP contribution in [-0.2, 0) is 4.74 Å². The van der Waals surface area contributed by atoms with Gasteiger partial charge in [-0.2, -0.15) is 4.98 Å². The molecule has 1 aliphatic heterocycles. The first-order valence-corrected chi connectivity index (χ1v) is 7.37. The third kappa shape index (κ3) is 4.54. The average Bonchev–Trinajstić information content (AvgIpc) is 2.83. The van der Waals surface area contributed by atoms with Crippen LogP contribution >= 0.6 is 0 Å². The molecule has 0 aliphatic carbocycles. The van der Waals surface area contributed by atoms with Gasteiger partial charge in [-0.25, -0.2) is 0 Å². The van der Waals surface area contributed by atoms with E-state index in [-0.39, 0.29) is 12.0 Å². The van der Waals surface area contributed by atoms with E-state index in [4.69, 9.17) is 9.26 Å². The Balaban J connectivity index is 1.81. The number of hydrogen-bond donors (Lipinski definition) is 1. The highest BCUT2D eigenvalue weighted by atomic mass is 16.5. The van der Waals surface area contributed by atoms with Crippen LogP contribution in [0.3, 0.4) is 0 Å². The third-order valence-electron chi connectivity index (χ3n) is 3.49. The quantitative estimate of drug-likeness (QED) is 0.849. The van der Waals surface area contributed by atoms with Gasteiger partial charge in [0.25, 0.3) is 0 Å². The number of hydrogen-bond acceptors (Lipinski definition) is 6. The van der Waals surface area contributed by atoms with Crippen molar-refractivity contribution < 1.29 is 14.4 Å². The van der Waals surface area contributed by atoms with E-state index in [1.807, 2.05) is 20.8 Å². The molecule has 20 heavy (non-hydrogen) atoms. The summed E-state index contributed by atoms with van der Waals surface area (Å²) in [5.74, 6) is 1.69. The maximum Gasteiger partial charge on any atom is 0.231 e. The van der Waals surface area contributed by atoms with Crippen LogP contribution in [0, 0.1) is 6.92 Å². The molecule has 1 aromatic rings. The van der Waals surface area contributed by atoms with E-state index in [0.29, 0.717) is 19.0 Å². The molecule has 2 atom stereocenters. The zero-order valence-electron chi connectivity index (χ0n) is 12.6. The molecular weight excluding hydrogens is 258 g/mol. The number of aliphatic hydroxyl groups excluding tert-OH is 1. The molecule has 0 aromatic carbocycles. The fraction of sp³-hybridized carbons (Fsp3) is 0.857. The average molecular weight is 283 g/mol. The second-order valence-electron chi connectivity index (χ2n) is 5.81. The molecule has 1 aromatic heterocycles. The number of likely N-dealkylation sites (tertiary alicyclic amines) is 1. The van der Waals surface area contributed by atoms with Crippen LogP contribution in [-0.4, -0.2) is 58.6 Å². The van der Waals surface area contributed by atoms with Crippen molar-refractivity contribution in [1.29, 1.82) is 0 Å². The Hall–Kier alpha value is -0.980. The fourth-order valence-corrected chi connectivity index (χ4v) is 2.56. The minimum Gasteiger partial charge on any atom is -0.389 e.